The molecule has 2 N–H and O–H groups in total. The molecule has 0 aliphatic heterocycles. The van der Waals surface area contributed by atoms with Crippen LogP contribution < -0.4 is 5.32 Å². The van der Waals surface area contributed by atoms with Gasteiger partial charge in [0.2, 0.25) is 5.91 Å². The minimum atomic E-state index is -0.731. The summed E-state index contributed by atoms with van der Waals surface area (Å²) in [6.45, 7) is 1.86. The molecular formula is C18H20FNO3. The van der Waals surface area contributed by atoms with E-state index in [0.29, 0.717) is 12.0 Å². The van der Waals surface area contributed by atoms with Crippen molar-refractivity contribution >= 4 is 5.91 Å². The Labute approximate surface area is 134 Å². The number of furan rings is 1. The Kier molecular flexibility index (Phi) is 4.48. The maximum Gasteiger partial charge on any atom is 0.224 e. The fraction of sp³-hybridized carbons (Fsp3) is 0.389. The molecule has 1 fully saturated rings. The van der Waals surface area contributed by atoms with Crippen molar-refractivity contribution in [3.63, 3.8) is 0 Å². The van der Waals surface area contributed by atoms with Crippen LogP contribution in [0.1, 0.15) is 43.1 Å². The number of rotatable bonds is 6. The monoisotopic (exact) mass is 317 g/mol. The van der Waals surface area contributed by atoms with Gasteiger partial charge in [0.15, 0.2) is 0 Å². The normalized spacial score (nSPS) is 22.4. The number of carbonyl (C=O) groups is 1. The van der Waals surface area contributed by atoms with E-state index in [1.54, 1.807) is 18.4 Å². The highest BCUT2D eigenvalue weighted by Crippen LogP contribution is 2.47. The molecule has 1 aromatic heterocycles. The zero-order chi connectivity index (χ0) is 16.4. The lowest BCUT2D eigenvalue weighted by Gasteiger charge is -2.18. The molecule has 1 saturated carbocycles. The molecule has 4 atom stereocenters. The summed E-state index contributed by atoms with van der Waals surface area (Å²) in [7, 11) is 0. The van der Waals surface area contributed by atoms with Gasteiger partial charge >= 0.3 is 0 Å². The van der Waals surface area contributed by atoms with E-state index in [4.69, 9.17) is 4.42 Å². The molecular weight excluding hydrogens is 297 g/mol. The minimum Gasteiger partial charge on any atom is -0.469 e. The Bertz CT molecular complexity index is 653. The number of carbonyl (C=O) groups excluding carboxylic acids is 1. The summed E-state index contributed by atoms with van der Waals surface area (Å²) in [6.07, 6.45) is 2.07. The summed E-state index contributed by atoms with van der Waals surface area (Å²) in [5, 5.41) is 13.1. The van der Waals surface area contributed by atoms with E-state index < -0.39 is 6.10 Å². The quantitative estimate of drug-likeness (QED) is 0.860. The third-order valence-electron chi connectivity index (χ3n) is 4.26. The predicted molar refractivity (Wildman–Crippen MR) is 83.1 cm³/mol. The number of aliphatic hydroxyl groups is 1. The summed E-state index contributed by atoms with van der Waals surface area (Å²) in [4.78, 5) is 12.2. The molecule has 1 aliphatic carbocycles. The first-order valence-electron chi connectivity index (χ1n) is 7.82. The lowest BCUT2D eigenvalue weighted by atomic mass is 10.0. The Morgan fingerprint density at radius 2 is 2.13 bits per heavy atom. The minimum absolute atomic E-state index is 0.00907. The van der Waals surface area contributed by atoms with Gasteiger partial charge < -0.3 is 14.8 Å². The van der Waals surface area contributed by atoms with E-state index in [-0.39, 0.29) is 29.6 Å². The number of halogens is 1. The van der Waals surface area contributed by atoms with Crippen LogP contribution in [-0.4, -0.2) is 17.1 Å². The second-order valence-corrected chi connectivity index (χ2v) is 6.18. The topological polar surface area (TPSA) is 62.5 Å². The van der Waals surface area contributed by atoms with Gasteiger partial charge in [0.1, 0.15) is 11.6 Å². The second kappa shape index (κ2) is 6.54. The molecule has 0 radical (unpaired) electrons. The number of nitrogens with one attached hydrogen (secondary N) is 1. The number of hydrogen-bond acceptors (Lipinski definition) is 3. The van der Waals surface area contributed by atoms with Gasteiger partial charge in [-0.05, 0) is 49.6 Å². The number of amides is 1. The molecule has 1 amide bonds. The van der Waals surface area contributed by atoms with E-state index in [2.05, 4.69) is 5.32 Å². The highest BCUT2D eigenvalue weighted by Gasteiger charge is 2.46. The molecule has 5 heteroatoms. The van der Waals surface area contributed by atoms with Gasteiger partial charge in [-0.3, -0.25) is 4.79 Å². The zero-order valence-electron chi connectivity index (χ0n) is 12.9. The second-order valence-electron chi connectivity index (χ2n) is 6.18. The Balaban J connectivity index is 1.48. The Morgan fingerprint density at radius 3 is 2.78 bits per heavy atom. The summed E-state index contributed by atoms with van der Waals surface area (Å²) < 4.78 is 18.2. The van der Waals surface area contributed by atoms with Crippen LogP contribution in [0.2, 0.25) is 0 Å². The molecule has 3 rings (SSSR count). The lowest BCUT2D eigenvalue weighted by molar-refractivity contribution is -0.123. The van der Waals surface area contributed by atoms with Crippen LogP contribution in [0.3, 0.4) is 0 Å². The van der Waals surface area contributed by atoms with Gasteiger partial charge in [0.05, 0.1) is 12.4 Å². The highest BCUT2D eigenvalue weighted by atomic mass is 19.1. The molecule has 0 spiro atoms. The van der Waals surface area contributed by atoms with E-state index >= 15 is 0 Å². The van der Waals surface area contributed by atoms with Crippen molar-refractivity contribution in [1.82, 2.24) is 5.32 Å². The summed E-state index contributed by atoms with van der Waals surface area (Å²) in [5.74, 6) is 0.625. The lowest BCUT2D eigenvalue weighted by Crippen LogP contribution is -2.35. The van der Waals surface area contributed by atoms with Gasteiger partial charge in [-0.2, -0.15) is 0 Å². The molecule has 1 heterocycles. The Hall–Kier alpha value is -2.14. The van der Waals surface area contributed by atoms with Crippen LogP contribution in [-0.2, 0) is 4.79 Å². The maximum atomic E-state index is 12.9. The SMILES string of the molecule is CC(CC(O)c1ccc(F)cc1)NC(=O)C1CC1c1ccco1. The third-order valence-corrected chi connectivity index (χ3v) is 4.26. The van der Waals surface area contributed by atoms with E-state index in [0.717, 1.165) is 12.2 Å². The van der Waals surface area contributed by atoms with Gasteiger partial charge in [-0.25, -0.2) is 4.39 Å². The predicted octanol–water partition coefficient (Wildman–Crippen LogP) is 3.15. The molecule has 122 valence electrons. The fourth-order valence-corrected chi connectivity index (χ4v) is 2.87. The Morgan fingerprint density at radius 1 is 1.39 bits per heavy atom. The molecule has 0 bridgehead atoms. The van der Waals surface area contributed by atoms with E-state index in [9.17, 15) is 14.3 Å². The van der Waals surface area contributed by atoms with Crippen LogP contribution in [0.5, 0.6) is 0 Å². The van der Waals surface area contributed by atoms with Crippen molar-refractivity contribution in [3.05, 3.63) is 59.8 Å². The van der Waals surface area contributed by atoms with Crippen molar-refractivity contribution < 1.29 is 18.7 Å². The average molecular weight is 317 g/mol. The molecule has 2 aromatic rings. The smallest absolute Gasteiger partial charge is 0.224 e. The first kappa shape index (κ1) is 15.7. The van der Waals surface area contributed by atoms with E-state index in [1.807, 2.05) is 19.1 Å². The molecule has 1 aliphatic rings. The summed E-state index contributed by atoms with van der Waals surface area (Å²) >= 11 is 0. The van der Waals surface area contributed by atoms with Crippen molar-refractivity contribution in [2.75, 3.05) is 0 Å². The van der Waals surface area contributed by atoms with E-state index in [1.165, 1.54) is 12.1 Å². The fourth-order valence-electron chi connectivity index (χ4n) is 2.87. The number of aliphatic hydroxyl groups excluding tert-OH is 1. The number of benzene rings is 1. The van der Waals surface area contributed by atoms with Gasteiger partial charge in [-0.15, -0.1) is 0 Å². The molecule has 23 heavy (non-hydrogen) atoms. The van der Waals surface area contributed by atoms with Crippen molar-refractivity contribution in [3.8, 4) is 0 Å². The summed E-state index contributed by atoms with van der Waals surface area (Å²) in [5.41, 5.74) is 0.646. The molecule has 0 saturated heterocycles. The van der Waals surface area contributed by atoms with Gasteiger partial charge in [0.25, 0.3) is 0 Å². The highest BCUT2D eigenvalue weighted by molar-refractivity contribution is 5.82. The van der Waals surface area contributed by atoms with Crippen molar-refractivity contribution in [2.24, 2.45) is 5.92 Å². The van der Waals surface area contributed by atoms with Crippen LogP contribution in [0.15, 0.2) is 47.1 Å². The van der Waals surface area contributed by atoms with Crippen molar-refractivity contribution in [1.29, 1.82) is 0 Å². The molecule has 1 aromatic carbocycles. The largest absolute Gasteiger partial charge is 0.469 e. The first-order valence-corrected chi connectivity index (χ1v) is 7.82. The van der Waals surface area contributed by atoms with Crippen LogP contribution in [0, 0.1) is 11.7 Å². The first-order chi connectivity index (χ1) is 11.0. The average Bonchev–Trinajstić information content (AvgIpc) is 3.14. The maximum absolute atomic E-state index is 12.9. The standard InChI is InChI=1S/C18H20FNO3/c1-11(9-16(21)12-4-6-13(19)7-5-12)20-18(22)15-10-14(15)17-3-2-8-23-17/h2-8,11,14-16,21H,9-10H2,1H3,(H,20,22). The molecule has 4 unspecified atom stereocenters. The third kappa shape index (κ3) is 3.79. The summed E-state index contributed by atoms with van der Waals surface area (Å²) in [6, 6.07) is 9.30. The molecule has 4 nitrogen and oxygen atoms in total. The number of hydrogen-bond donors (Lipinski definition) is 2. The van der Waals surface area contributed by atoms with Crippen LogP contribution in [0.4, 0.5) is 4.39 Å². The van der Waals surface area contributed by atoms with Crippen LogP contribution >= 0.6 is 0 Å². The van der Waals surface area contributed by atoms with Gasteiger partial charge in [-0.1, -0.05) is 12.1 Å². The van der Waals surface area contributed by atoms with Crippen LogP contribution in [0.25, 0.3) is 0 Å². The van der Waals surface area contributed by atoms with Gasteiger partial charge in [0, 0.05) is 17.9 Å². The van der Waals surface area contributed by atoms with Crippen molar-refractivity contribution in [2.45, 2.75) is 37.8 Å². The zero-order valence-corrected chi connectivity index (χ0v) is 12.9.